The van der Waals surface area contributed by atoms with Gasteiger partial charge in [-0.2, -0.15) is 0 Å². The summed E-state index contributed by atoms with van der Waals surface area (Å²) in [7, 11) is 0. The van der Waals surface area contributed by atoms with Crippen molar-refractivity contribution in [2.45, 2.75) is 115 Å². The van der Waals surface area contributed by atoms with E-state index < -0.39 is 29.6 Å². The molecular formula is C33H44ClN3O4. The second-order valence-electron chi connectivity index (χ2n) is 13.3. The molecule has 2 N–H and O–H groups in total. The zero-order valence-corrected chi connectivity index (χ0v) is 25.3. The number of fused-ring (bicyclic) bond motifs is 1. The summed E-state index contributed by atoms with van der Waals surface area (Å²) in [6, 6.07) is 4.68. The summed E-state index contributed by atoms with van der Waals surface area (Å²) < 4.78 is 6.60. The number of likely N-dealkylation sites (tertiary alicyclic amines) is 1. The molecular weight excluding hydrogens is 538 g/mol. The van der Waals surface area contributed by atoms with Crippen LogP contribution in [0.2, 0.25) is 5.02 Å². The zero-order valence-electron chi connectivity index (χ0n) is 24.5. The topological polar surface area (TPSA) is 87.7 Å². The number of anilines is 1. The molecule has 0 unspecified atom stereocenters. The van der Waals surface area contributed by atoms with Crippen molar-refractivity contribution in [1.29, 1.82) is 0 Å². The fourth-order valence-corrected chi connectivity index (χ4v) is 8.44. The minimum absolute atomic E-state index is 0.0307. The number of rotatable bonds is 5. The Morgan fingerprint density at radius 2 is 1.73 bits per heavy atom. The normalized spacial score (nSPS) is 37.0. The summed E-state index contributed by atoms with van der Waals surface area (Å²) in [4.78, 5) is 44.5. The summed E-state index contributed by atoms with van der Waals surface area (Å²) in [5, 5.41) is 6.94. The molecule has 8 atom stereocenters. The molecule has 222 valence electrons. The van der Waals surface area contributed by atoms with Gasteiger partial charge in [-0.15, -0.1) is 0 Å². The van der Waals surface area contributed by atoms with E-state index in [2.05, 4.69) is 24.5 Å². The van der Waals surface area contributed by atoms with Gasteiger partial charge in [-0.05, 0) is 55.7 Å². The largest absolute Gasteiger partial charge is 0.359 e. The lowest BCUT2D eigenvalue weighted by atomic mass is 9.73. The average Bonchev–Trinajstić information content (AvgIpc) is 3.56. The summed E-state index contributed by atoms with van der Waals surface area (Å²) >= 11 is 6.32. The second-order valence-corrected chi connectivity index (χ2v) is 13.7. The summed E-state index contributed by atoms with van der Waals surface area (Å²) in [6.45, 7) is 6.39. The van der Waals surface area contributed by atoms with Crippen LogP contribution >= 0.6 is 11.6 Å². The second kappa shape index (κ2) is 11.4. The van der Waals surface area contributed by atoms with E-state index in [1.54, 1.807) is 6.07 Å². The van der Waals surface area contributed by atoms with Crippen molar-refractivity contribution in [2.24, 2.45) is 23.7 Å². The van der Waals surface area contributed by atoms with E-state index in [0.29, 0.717) is 22.5 Å². The predicted octanol–water partition coefficient (Wildman–Crippen LogP) is 5.79. The molecule has 2 bridgehead atoms. The van der Waals surface area contributed by atoms with Gasteiger partial charge in [0.05, 0.1) is 17.9 Å². The quantitative estimate of drug-likeness (QED) is 0.431. The molecule has 2 saturated heterocycles. The van der Waals surface area contributed by atoms with Gasteiger partial charge in [0.15, 0.2) is 0 Å². The Hall–Kier alpha value is -2.38. The van der Waals surface area contributed by atoms with E-state index in [0.717, 1.165) is 56.9 Å². The molecule has 3 heterocycles. The van der Waals surface area contributed by atoms with E-state index >= 15 is 0 Å². The van der Waals surface area contributed by atoms with E-state index in [1.165, 1.54) is 12.8 Å². The minimum atomic E-state index is -1.13. The molecule has 3 aliphatic heterocycles. The van der Waals surface area contributed by atoms with Crippen LogP contribution in [0.5, 0.6) is 0 Å². The van der Waals surface area contributed by atoms with Gasteiger partial charge < -0.3 is 20.3 Å². The van der Waals surface area contributed by atoms with Crippen LogP contribution in [0.3, 0.4) is 0 Å². The van der Waals surface area contributed by atoms with Crippen molar-refractivity contribution in [3.8, 4) is 0 Å². The number of nitrogens with zero attached hydrogens (tertiary/aromatic N) is 1. The number of halogens is 1. The Morgan fingerprint density at radius 3 is 2.46 bits per heavy atom. The SMILES string of the molecule is Cc1ccc(NC(=O)[C@@H]2[C@@H]3C=C[C@]4(O3)[C@@H]2C(=O)N(C2CCCCCCC2)[C@H]4C(=O)N[C@@H]2CCC[C@@H](C)[C@@H]2C)cc1Cl. The molecule has 0 aromatic heterocycles. The van der Waals surface area contributed by atoms with Crippen LogP contribution in [0.1, 0.15) is 83.6 Å². The predicted molar refractivity (Wildman–Crippen MR) is 159 cm³/mol. The van der Waals surface area contributed by atoms with Gasteiger partial charge in [0, 0.05) is 22.8 Å². The highest BCUT2D eigenvalue weighted by atomic mass is 35.5. The van der Waals surface area contributed by atoms with Crippen LogP contribution in [0.25, 0.3) is 0 Å². The van der Waals surface area contributed by atoms with E-state index in [-0.39, 0.29) is 29.8 Å². The molecule has 7 nitrogen and oxygen atoms in total. The molecule has 41 heavy (non-hydrogen) atoms. The van der Waals surface area contributed by atoms with Crippen molar-refractivity contribution in [2.75, 3.05) is 5.32 Å². The van der Waals surface area contributed by atoms with E-state index in [1.807, 2.05) is 36.1 Å². The fraction of sp³-hybridized carbons (Fsp3) is 0.667. The molecule has 5 aliphatic rings. The molecule has 8 heteroatoms. The Bertz CT molecular complexity index is 1230. The molecule has 1 aromatic carbocycles. The first-order chi connectivity index (χ1) is 19.7. The number of carbonyl (C=O) groups is 3. The molecule has 2 saturated carbocycles. The maximum absolute atomic E-state index is 14.5. The highest BCUT2D eigenvalue weighted by Crippen LogP contribution is 2.56. The van der Waals surface area contributed by atoms with Gasteiger partial charge in [0.25, 0.3) is 0 Å². The van der Waals surface area contributed by atoms with Crippen LogP contribution < -0.4 is 10.6 Å². The van der Waals surface area contributed by atoms with Crippen LogP contribution in [-0.4, -0.2) is 52.5 Å². The number of ether oxygens (including phenoxy) is 1. The van der Waals surface area contributed by atoms with Crippen LogP contribution in [0, 0.1) is 30.6 Å². The fourth-order valence-electron chi connectivity index (χ4n) is 8.26. The lowest BCUT2D eigenvalue weighted by Crippen LogP contribution is -2.59. The third kappa shape index (κ3) is 5.01. The minimum Gasteiger partial charge on any atom is -0.359 e. The van der Waals surface area contributed by atoms with Gasteiger partial charge in [-0.1, -0.05) is 88.6 Å². The molecule has 1 spiro atoms. The van der Waals surface area contributed by atoms with Crippen LogP contribution in [0.4, 0.5) is 5.69 Å². The van der Waals surface area contributed by atoms with Crippen LogP contribution in [0.15, 0.2) is 30.4 Å². The first-order valence-electron chi connectivity index (χ1n) is 15.8. The van der Waals surface area contributed by atoms with Gasteiger partial charge in [-0.25, -0.2) is 0 Å². The standard InChI is InChI=1S/C33H44ClN3O4/c1-19-10-9-13-25(21(19)3)36-31(39)29-33-17-16-26(41-33)27(30(38)35-22-15-14-20(2)24(34)18-22)28(33)32(40)37(29)23-11-7-5-4-6-8-12-23/h14-19,21,23,25-29H,4-13H2,1-3H3,(H,35,38)(H,36,39)/t19-,21+,25-,26+,27-,28+,29+,33+/m1/s1. The highest BCUT2D eigenvalue weighted by Gasteiger charge is 2.73. The molecule has 2 aliphatic carbocycles. The molecule has 0 radical (unpaired) electrons. The summed E-state index contributed by atoms with van der Waals surface area (Å²) in [5.41, 5.74) is 0.375. The van der Waals surface area contributed by atoms with E-state index in [9.17, 15) is 14.4 Å². The number of aryl methyl sites for hydroxylation is 1. The van der Waals surface area contributed by atoms with Gasteiger partial charge in [-0.3, -0.25) is 14.4 Å². The van der Waals surface area contributed by atoms with E-state index in [4.69, 9.17) is 16.3 Å². The van der Waals surface area contributed by atoms with Crippen LogP contribution in [-0.2, 0) is 19.1 Å². The monoisotopic (exact) mass is 581 g/mol. The van der Waals surface area contributed by atoms with Crippen molar-refractivity contribution < 1.29 is 19.1 Å². The Morgan fingerprint density at radius 1 is 1.00 bits per heavy atom. The smallest absolute Gasteiger partial charge is 0.246 e. The van der Waals surface area contributed by atoms with Crippen molar-refractivity contribution in [1.82, 2.24) is 10.2 Å². The summed E-state index contributed by atoms with van der Waals surface area (Å²) in [6.07, 6.45) is 13.8. The highest BCUT2D eigenvalue weighted by molar-refractivity contribution is 6.31. The number of nitrogens with one attached hydrogen (secondary N) is 2. The Kier molecular flexibility index (Phi) is 7.96. The first-order valence-corrected chi connectivity index (χ1v) is 16.2. The molecule has 1 aromatic rings. The van der Waals surface area contributed by atoms with Crippen molar-refractivity contribution in [3.63, 3.8) is 0 Å². The lowest BCUT2D eigenvalue weighted by Gasteiger charge is -2.40. The number of benzene rings is 1. The Labute approximate surface area is 248 Å². The summed E-state index contributed by atoms with van der Waals surface area (Å²) in [5.74, 6) is -1.07. The number of amides is 3. The average molecular weight is 582 g/mol. The third-order valence-corrected chi connectivity index (χ3v) is 11.2. The number of carbonyl (C=O) groups excluding carboxylic acids is 3. The molecule has 4 fully saturated rings. The lowest BCUT2D eigenvalue weighted by molar-refractivity contribution is -0.144. The van der Waals surface area contributed by atoms with Gasteiger partial charge in [0.2, 0.25) is 17.7 Å². The number of hydrogen-bond acceptors (Lipinski definition) is 4. The molecule has 3 amide bonds. The first kappa shape index (κ1) is 28.7. The zero-order chi connectivity index (χ0) is 28.9. The Balaban J connectivity index is 1.32. The maximum Gasteiger partial charge on any atom is 0.246 e. The van der Waals surface area contributed by atoms with Gasteiger partial charge in [0.1, 0.15) is 11.6 Å². The number of hydrogen-bond donors (Lipinski definition) is 2. The molecule has 6 rings (SSSR count). The maximum atomic E-state index is 14.5. The van der Waals surface area contributed by atoms with Crippen molar-refractivity contribution in [3.05, 3.63) is 40.9 Å². The van der Waals surface area contributed by atoms with Gasteiger partial charge >= 0.3 is 0 Å². The third-order valence-electron chi connectivity index (χ3n) is 10.8. The van der Waals surface area contributed by atoms with Crippen molar-refractivity contribution >= 4 is 35.0 Å².